The van der Waals surface area contributed by atoms with Crippen LogP contribution in [0.5, 0.6) is 5.75 Å². The Hall–Kier alpha value is -2.31. The molecule has 1 aromatic heterocycles. The van der Waals surface area contributed by atoms with Crippen molar-refractivity contribution in [1.29, 1.82) is 0 Å². The summed E-state index contributed by atoms with van der Waals surface area (Å²) < 4.78 is 7.99. The summed E-state index contributed by atoms with van der Waals surface area (Å²) in [5.74, 6) is 0.930. The normalized spacial score (nSPS) is 10.5. The zero-order valence-corrected chi connectivity index (χ0v) is 15.5. The molecule has 1 heterocycles. The van der Waals surface area contributed by atoms with E-state index in [1.807, 2.05) is 42.5 Å². The molecule has 3 rings (SSSR count). The van der Waals surface area contributed by atoms with E-state index < -0.39 is 0 Å². The largest absolute Gasteiger partial charge is 0.483 e. The number of amides is 1. The van der Waals surface area contributed by atoms with Crippen LogP contribution in [0.25, 0.3) is 0 Å². The summed E-state index contributed by atoms with van der Waals surface area (Å²) in [5.41, 5.74) is 0.924. The van der Waals surface area contributed by atoms with E-state index in [0.717, 1.165) is 10.0 Å². The second-order valence-corrected chi connectivity index (χ2v) is 6.49. The van der Waals surface area contributed by atoms with Gasteiger partial charge in [-0.25, -0.2) is 4.68 Å². The van der Waals surface area contributed by atoms with E-state index in [4.69, 9.17) is 16.3 Å². The summed E-state index contributed by atoms with van der Waals surface area (Å²) in [6.45, 7) is 0.368. The molecule has 0 aliphatic heterocycles. The lowest BCUT2D eigenvalue weighted by molar-refractivity contribution is -0.118. The number of anilines is 1. The van der Waals surface area contributed by atoms with E-state index in [1.165, 1.54) is 0 Å². The number of hydrogen-bond acceptors (Lipinski definition) is 3. The zero-order chi connectivity index (χ0) is 17.6. The molecular formula is C18H15BrClN3O2. The van der Waals surface area contributed by atoms with Crippen LogP contribution in [0.1, 0.15) is 5.56 Å². The third-order valence-electron chi connectivity index (χ3n) is 3.46. The number of para-hydroxylation sites is 1. The van der Waals surface area contributed by atoms with E-state index >= 15 is 0 Å². The fourth-order valence-electron chi connectivity index (χ4n) is 2.24. The molecule has 0 saturated carbocycles. The molecule has 0 unspecified atom stereocenters. The minimum absolute atomic E-state index is 0.0973. The number of aromatic nitrogens is 2. The Morgan fingerprint density at radius 2 is 1.92 bits per heavy atom. The highest BCUT2D eigenvalue weighted by Crippen LogP contribution is 2.23. The van der Waals surface area contributed by atoms with Crippen molar-refractivity contribution in [2.75, 3.05) is 11.9 Å². The van der Waals surface area contributed by atoms with Crippen LogP contribution in [0.4, 0.5) is 5.82 Å². The van der Waals surface area contributed by atoms with Gasteiger partial charge in [0, 0.05) is 11.1 Å². The molecule has 7 heteroatoms. The smallest absolute Gasteiger partial charge is 0.263 e. The van der Waals surface area contributed by atoms with E-state index in [2.05, 4.69) is 26.3 Å². The second-order valence-electron chi connectivity index (χ2n) is 5.23. The van der Waals surface area contributed by atoms with Crippen molar-refractivity contribution in [1.82, 2.24) is 9.78 Å². The molecule has 0 spiro atoms. The lowest BCUT2D eigenvalue weighted by atomic mass is 10.2. The van der Waals surface area contributed by atoms with E-state index in [9.17, 15) is 4.79 Å². The minimum atomic E-state index is -0.267. The van der Waals surface area contributed by atoms with Gasteiger partial charge in [-0.05, 0) is 39.7 Å². The molecular weight excluding hydrogens is 406 g/mol. The van der Waals surface area contributed by atoms with Crippen molar-refractivity contribution in [3.63, 3.8) is 0 Å². The van der Waals surface area contributed by atoms with Crippen LogP contribution in [-0.4, -0.2) is 22.3 Å². The van der Waals surface area contributed by atoms with Crippen molar-refractivity contribution in [2.24, 2.45) is 0 Å². The molecule has 3 aromatic rings. The molecule has 0 bridgehead atoms. The van der Waals surface area contributed by atoms with E-state index in [1.54, 1.807) is 23.0 Å². The Labute approximate surface area is 158 Å². The van der Waals surface area contributed by atoms with Gasteiger partial charge in [-0.15, -0.1) is 0 Å². The summed E-state index contributed by atoms with van der Waals surface area (Å²) in [4.78, 5) is 12.1. The van der Waals surface area contributed by atoms with Gasteiger partial charge in [0.05, 0.1) is 17.2 Å². The summed E-state index contributed by atoms with van der Waals surface area (Å²) in [5, 5.41) is 7.69. The van der Waals surface area contributed by atoms with E-state index in [-0.39, 0.29) is 12.5 Å². The Balaban J connectivity index is 1.62. The molecule has 0 aliphatic rings. The van der Waals surface area contributed by atoms with Gasteiger partial charge < -0.3 is 10.1 Å². The van der Waals surface area contributed by atoms with Crippen LogP contribution in [0.15, 0.2) is 65.3 Å². The number of benzene rings is 2. The predicted octanol–water partition coefficient (Wildman–Crippen LogP) is 4.36. The summed E-state index contributed by atoms with van der Waals surface area (Å²) >= 11 is 9.56. The van der Waals surface area contributed by atoms with Gasteiger partial charge in [0.1, 0.15) is 11.6 Å². The number of carbonyl (C=O) groups excluding carboxylic acids is 1. The van der Waals surface area contributed by atoms with Crippen LogP contribution in [-0.2, 0) is 11.3 Å². The first-order valence-electron chi connectivity index (χ1n) is 7.56. The second kappa shape index (κ2) is 8.18. The van der Waals surface area contributed by atoms with Crippen LogP contribution >= 0.6 is 27.5 Å². The van der Waals surface area contributed by atoms with Gasteiger partial charge in [0.2, 0.25) is 0 Å². The summed E-state index contributed by atoms with van der Waals surface area (Å²) in [6.07, 6.45) is 1.63. The first-order chi connectivity index (χ1) is 12.1. The topological polar surface area (TPSA) is 56.1 Å². The van der Waals surface area contributed by atoms with Crippen LogP contribution in [0, 0.1) is 0 Å². The molecule has 5 nitrogen and oxygen atoms in total. The van der Waals surface area contributed by atoms with Gasteiger partial charge in [-0.2, -0.15) is 5.10 Å². The zero-order valence-electron chi connectivity index (χ0n) is 13.2. The average Bonchev–Trinajstić information content (AvgIpc) is 3.03. The third-order valence-corrected chi connectivity index (χ3v) is 4.48. The fourth-order valence-corrected chi connectivity index (χ4v) is 2.83. The number of rotatable bonds is 6. The molecule has 0 radical (unpaired) electrons. The maximum Gasteiger partial charge on any atom is 0.263 e. The van der Waals surface area contributed by atoms with Gasteiger partial charge in [0.15, 0.2) is 6.61 Å². The number of nitrogens with one attached hydrogen (secondary N) is 1. The predicted molar refractivity (Wildman–Crippen MR) is 101 cm³/mol. The van der Waals surface area contributed by atoms with Crippen LogP contribution in [0.3, 0.4) is 0 Å². The molecule has 2 aromatic carbocycles. The van der Waals surface area contributed by atoms with Gasteiger partial charge in [0.25, 0.3) is 5.91 Å². The lowest BCUT2D eigenvalue weighted by Gasteiger charge is -2.11. The third kappa shape index (κ3) is 4.61. The Morgan fingerprint density at radius 3 is 2.72 bits per heavy atom. The Bertz CT molecular complexity index is 882. The molecule has 0 fully saturated rings. The summed E-state index contributed by atoms with van der Waals surface area (Å²) in [7, 11) is 0. The SMILES string of the molecule is O=C(COc1ccccc1Br)Nc1ccnn1Cc1ccccc1Cl. The number of carbonyl (C=O) groups is 1. The van der Waals surface area contributed by atoms with Crippen LogP contribution in [0.2, 0.25) is 5.02 Å². The van der Waals surface area contributed by atoms with E-state index in [0.29, 0.717) is 23.1 Å². The maximum absolute atomic E-state index is 12.1. The lowest BCUT2D eigenvalue weighted by Crippen LogP contribution is -2.22. The standard InChI is InChI=1S/C18H15BrClN3O2/c19-14-6-2-4-8-16(14)25-12-18(24)22-17-9-10-21-23(17)11-13-5-1-3-7-15(13)20/h1-10H,11-12H2,(H,22,24). The average molecular weight is 421 g/mol. The monoisotopic (exact) mass is 419 g/mol. The Morgan fingerprint density at radius 1 is 1.16 bits per heavy atom. The molecule has 0 atom stereocenters. The van der Waals surface area contributed by atoms with Gasteiger partial charge in [-0.1, -0.05) is 41.9 Å². The van der Waals surface area contributed by atoms with Crippen molar-refractivity contribution < 1.29 is 9.53 Å². The highest BCUT2D eigenvalue weighted by Gasteiger charge is 2.10. The highest BCUT2D eigenvalue weighted by atomic mass is 79.9. The molecule has 25 heavy (non-hydrogen) atoms. The van der Waals surface area contributed by atoms with Crippen molar-refractivity contribution in [3.8, 4) is 5.75 Å². The number of hydrogen-bond donors (Lipinski definition) is 1. The summed E-state index contributed by atoms with van der Waals surface area (Å²) in [6, 6.07) is 16.6. The minimum Gasteiger partial charge on any atom is -0.483 e. The van der Waals surface area contributed by atoms with Crippen molar-refractivity contribution >= 4 is 39.3 Å². The quantitative estimate of drug-likeness (QED) is 0.644. The molecule has 0 aliphatic carbocycles. The first kappa shape index (κ1) is 17.5. The van der Waals surface area contributed by atoms with Gasteiger partial charge in [-0.3, -0.25) is 4.79 Å². The van der Waals surface area contributed by atoms with Crippen molar-refractivity contribution in [3.05, 3.63) is 75.9 Å². The van der Waals surface area contributed by atoms with Crippen molar-refractivity contribution in [2.45, 2.75) is 6.54 Å². The molecule has 1 amide bonds. The number of halogens is 2. The van der Waals surface area contributed by atoms with Gasteiger partial charge >= 0.3 is 0 Å². The fraction of sp³-hybridized carbons (Fsp3) is 0.111. The molecule has 1 N–H and O–H groups in total. The molecule has 128 valence electrons. The molecule has 0 saturated heterocycles. The van der Waals surface area contributed by atoms with Crippen LogP contribution < -0.4 is 10.1 Å². The maximum atomic E-state index is 12.1. The first-order valence-corrected chi connectivity index (χ1v) is 8.73. The Kier molecular flexibility index (Phi) is 5.73. The number of ether oxygens (including phenoxy) is 1. The highest BCUT2D eigenvalue weighted by molar-refractivity contribution is 9.10. The number of nitrogens with zero attached hydrogens (tertiary/aromatic N) is 2.